The molecule has 2 aromatic rings. The number of pyridine rings is 1. The first-order valence-electron chi connectivity index (χ1n) is 4.76. The van der Waals surface area contributed by atoms with Gasteiger partial charge in [0.25, 0.3) is 0 Å². The number of fused-ring (bicyclic) bond motifs is 1. The summed E-state index contributed by atoms with van der Waals surface area (Å²) in [6.07, 6.45) is 2.24. The maximum atomic E-state index is 10.9. The Morgan fingerprint density at radius 1 is 1.60 bits per heavy atom. The third-order valence-electron chi connectivity index (χ3n) is 2.28. The van der Waals surface area contributed by atoms with Gasteiger partial charge in [-0.25, -0.2) is 9.50 Å². The molecular weight excluding hydrogens is 194 g/mol. The average Bonchev–Trinajstić information content (AvgIpc) is 2.61. The molecule has 0 amide bonds. The zero-order valence-corrected chi connectivity index (χ0v) is 8.29. The first-order valence-corrected chi connectivity index (χ1v) is 4.76. The molecule has 0 aliphatic carbocycles. The van der Waals surface area contributed by atoms with Gasteiger partial charge in [0.15, 0.2) is 11.5 Å². The van der Waals surface area contributed by atoms with Gasteiger partial charge in [-0.1, -0.05) is 13.0 Å². The molecule has 0 saturated heterocycles. The van der Waals surface area contributed by atoms with Crippen molar-refractivity contribution in [3.63, 3.8) is 0 Å². The number of rotatable bonds is 3. The second-order valence-corrected chi connectivity index (χ2v) is 3.27. The summed E-state index contributed by atoms with van der Waals surface area (Å²) in [5, 5.41) is 13.1. The maximum absolute atomic E-state index is 10.9. The van der Waals surface area contributed by atoms with Crippen molar-refractivity contribution in [1.82, 2.24) is 14.6 Å². The van der Waals surface area contributed by atoms with Gasteiger partial charge in [-0.05, 0) is 18.6 Å². The monoisotopic (exact) mass is 205 g/mol. The van der Waals surface area contributed by atoms with Crippen LogP contribution >= 0.6 is 0 Å². The summed E-state index contributed by atoms with van der Waals surface area (Å²) in [5.74, 6) is -1.13. The number of carboxylic acids is 1. The number of carboxylic acid groups (broad SMARTS) is 1. The Hall–Kier alpha value is -1.91. The van der Waals surface area contributed by atoms with Gasteiger partial charge in [0, 0.05) is 6.20 Å². The van der Waals surface area contributed by atoms with Gasteiger partial charge in [-0.2, -0.15) is 5.10 Å². The van der Waals surface area contributed by atoms with E-state index >= 15 is 0 Å². The van der Waals surface area contributed by atoms with Crippen molar-refractivity contribution in [3.05, 3.63) is 30.2 Å². The molecule has 1 atom stereocenters. The Labute approximate surface area is 86.4 Å². The summed E-state index contributed by atoms with van der Waals surface area (Å²) < 4.78 is 1.58. The van der Waals surface area contributed by atoms with Crippen LogP contribution in [0.1, 0.15) is 25.1 Å². The van der Waals surface area contributed by atoms with Crippen LogP contribution in [-0.4, -0.2) is 25.7 Å². The van der Waals surface area contributed by atoms with Gasteiger partial charge >= 0.3 is 5.97 Å². The van der Waals surface area contributed by atoms with Gasteiger partial charge in [0.1, 0.15) is 5.92 Å². The molecule has 2 aromatic heterocycles. The van der Waals surface area contributed by atoms with E-state index in [0.29, 0.717) is 17.9 Å². The van der Waals surface area contributed by atoms with Gasteiger partial charge in [-0.15, -0.1) is 0 Å². The fourth-order valence-corrected chi connectivity index (χ4v) is 1.46. The Kier molecular flexibility index (Phi) is 2.37. The molecular formula is C10H11N3O2. The zero-order chi connectivity index (χ0) is 10.8. The Morgan fingerprint density at radius 2 is 2.40 bits per heavy atom. The van der Waals surface area contributed by atoms with Gasteiger partial charge in [0.2, 0.25) is 0 Å². The summed E-state index contributed by atoms with van der Waals surface area (Å²) in [6.45, 7) is 1.81. The quantitative estimate of drug-likeness (QED) is 0.820. The maximum Gasteiger partial charge on any atom is 0.314 e. The first-order chi connectivity index (χ1) is 7.22. The minimum atomic E-state index is -0.881. The molecule has 0 aromatic carbocycles. The number of carbonyl (C=O) groups is 1. The van der Waals surface area contributed by atoms with E-state index in [2.05, 4.69) is 10.1 Å². The van der Waals surface area contributed by atoms with Gasteiger partial charge in [-0.3, -0.25) is 4.79 Å². The standard InChI is InChI=1S/C10H11N3O2/c1-2-7(10(14)15)9-11-8-5-3-4-6-13(8)12-9/h3-7H,2H2,1H3,(H,14,15). The largest absolute Gasteiger partial charge is 0.481 e. The molecule has 0 aliphatic rings. The third kappa shape index (κ3) is 1.68. The van der Waals surface area contributed by atoms with E-state index < -0.39 is 11.9 Å². The Balaban J connectivity index is 2.47. The predicted molar refractivity (Wildman–Crippen MR) is 53.7 cm³/mol. The molecule has 1 unspecified atom stereocenters. The van der Waals surface area contributed by atoms with Crippen molar-refractivity contribution < 1.29 is 9.90 Å². The van der Waals surface area contributed by atoms with Crippen LogP contribution in [0.4, 0.5) is 0 Å². The van der Waals surface area contributed by atoms with Crippen molar-refractivity contribution in [2.24, 2.45) is 0 Å². The van der Waals surface area contributed by atoms with E-state index in [0.717, 1.165) is 0 Å². The summed E-state index contributed by atoms with van der Waals surface area (Å²) in [4.78, 5) is 15.1. The molecule has 0 aliphatic heterocycles. The van der Waals surface area contributed by atoms with E-state index in [4.69, 9.17) is 5.11 Å². The second-order valence-electron chi connectivity index (χ2n) is 3.27. The lowest BCUT2D eigenvalue weighted by Crippen LogP contribution is -2.12. The van der Waals surface area contributed by atoms with Crippen LogP contribution in [0.3, 0.4) is 0 Å². The van der Waals surface area contributed by atoms with Crippen LogP contribution in [0.15, 0.2) is 24.4 Å². The Morgan fingerprint density at radius 3 is 3.00 bits per heavy atom. The molecule has 15 heavy (non-hydrogen) atoms. The molecule has 2 heterocycles. The fourth-order valence-electron chi connectivity index (χ4n) is 1.46. The number of nitrogens with zero attached hydrogens (tertiary/aromatic N) is 3. The minimum Gasteiger partial charge on any atom is -0.481 e. The predicted octanol–water partition coefficient (Wildman–Crippen LogP) is 1.31. The molecule has 5 nitrogen and oxygen atoms in total. The topological polar surface area (TPSA) is 67.5 Å². The smallest absolute Gasteiger partial charge is 0.314 e. The van der Waals surface area contributed by atoms with Crippen LogP contribution in [0, 0.1) is 0 Å². The van der Waals surface area contributed by atoms with Crippen molar-refractivity contribution >= 4 is 11.6 Å². The van der Waals surface area contributed by atoms with E-state index in [1.807, 2.05) is 19.1 Å². The molecule has 0 saturated carbocycles. The van der Waals surface area contributed by atoms with Crippen molar-refractivity contribution in [2.75, 3.05) is 0 Å². The lowest BCUT2D eigenvalue weighted by atomic mass is 10.1. The first kappa shape index (κ1) is 9.64. The number of hydrogen-bond acceptors (Lipinski definition) is 3. The van der Waals surface area contributed by atoms with Crippen LogP contribution in [0.5, 0.6) is 0 Å². The normalized spacial score (nSPS) is 12.9. The van der Waals surface area contributed by atoms with Crippen LogP contribution in [-0.2, 0) is 4.79 Å². The SMILES string of the molecule is CCC(C(=O)O)c1nc2ccccn2n1. The van der Waals surface area contributed by atoms with Crippen LogP contribution < -0.4 is 0 Å². The summed E-state index contributed by atoms with van der Waals surface area (Å²) >= 11 is 0. The molecule has 78 valence electrons. The zero-order valence-electron chi connectivity index (χ0n) is 8.29. The lowest BCUT2D eigenvalue weighted by Gasteiger charge is -2.02. The van der Waals surface area contributed by atoms with E-state index in [1.165, 1.54) is 0 Å². The average molecular weight is 205 g/mol. The van der Waals surface area contributed by atoms with Gasteiger partial charge < -0.3 is 5.11 Å². The molecule has 0 radical (unpaired) electrons. The van der Waals surface area contributed by atoms with Crippen LogP contribution in [0.2, 0.25) is 0 Å². The highest BCUT2D eigenvalue weighted by Gasteiger charge is 2.22. The van der Waals surface area contributed by atoms with Gasteiger partial charge in [0.05, 0.1) is 0 Å². The third-order valence-corrected chi connectivity index (χ3v) is 2.28. The molecule has 0 spiro atoms. The number of hydrogen-bond donors (Lipinski definition) is 1. The lowest BCUT2D eigenvalue weighted by molar-refractivity contribution is -0.139. The van der Waals surface area contributed by atoms with E-state index in [1.54, 1.807) is 16.8 Å². The summed E-state index contributed by atoms with van der Waals surface area (Å²) in [7, 11) is 0. The van der Waals surface area contributed by atoms with Crippen LogP contribution in [0.25, 0.3) is 5.65 Å². The molecule has 5 heteroatoms. The highest BCUT2D eigenvalue weighted by molar-refractivity contribution is 5.74. The summed E-state index contributed by atoms with van der Waals surface area (Å²) in [6, 6.07) is 5.47. The van der Waals surface area contributed by atoms with Crippen molar-refractivity contribution in [1.29, 1.82) is 0 Å². The summed E-state index contributed by atoms with van der Waals surface area (Å²) in [5.41, 5.74) is 0.673. The molecule has 2 rings (SSSR count). The Bertz CT molecular complexity index is 459. The second kappa shape index (κ2) is 3.68. The van der Waals surface area contributed by atoms with Crippen molar-refractivity contribution in [2.45, 2.75) is 19.3 Å². The molecule has 0 bridgehead atoms. The fraction of sp³-hybridized carbons (Fsp3) is 0.300. The van der Waals surface area contributed by atoms with Crippen molar-refractivity contribution in [3.8, 4) is 0 Å². The number of aliphatic carboxylic acids is 1. The number of aromatic nitrogens is 3. The molecule has 0 fully saturated rings. The minimum absolute atomic E-state index is 0.371. The van der Waals surface area contributed by atoms with E-state index in [-0.39, 0.29) is 0 Å². The van der Waals surface area contributed by atoms with E-state index in [9.17, 15) is 4.79 Å². The highest BCUT2D eigenvalue weighted by Crippen LogP contribution is 2.16. The molecule has 1 N–H and O–H groups in total. The highest BCUT2D eigenvalue weighted by atomic mass is 16.4.